The van der Waals surface area contributed by atoms with Crippen molar-refractivity contribution in [2.24, 2.45) is 0 Å². The molecule has 1 aromatic heterocycles. The van der Waals surface area contributed by atoms with Gasteiger partial charge in [-0.05, 0) is 47.1 Å². The second-order valence-corrected chi connectivity index (χ2v) is 7.30. The number of nitrogens with zero attached hydrogens (tertiary/aromatic N) is 1. The van der Waals surface area contributed by atoms with Gasteiger partial charge in [-0.2, -0.15) is 0 Å². The number of aromatic nitrogens is 1. The highest BCUT2D eigenvalue weighted by atomic mass is 79.9. The van der Waals surface area contributed by atoms with Crippen LogP contribution in [0.5, 0.6) is 0 Å². The number of halogens is 1. The quantitative estimate of drug-likeness (QED) is 0.653. The Morgan fingerprint density at radius 3 is 2.79 bits per heavy atom. The first kappa shape index (κ1) is 13.0. The number of aryl methyl sites for hydroxylation is 1. The predicted molar refractivity (Wildman–Crippen MR) is 87.0 cm³/mol. The van der Waals surface area contributed by atoms with Gasteiger partial charge in [0.05, 0.1) is 15.2 Å². The van der Waals surface area contributed by atoms with Gasteiger partial charge >= 0.3 is 0 Å². The molecule has 0 radical (unpaired) electrons. The van der Waals surface area contributed by atoms with Gasteiger partial charge < -0.3 is 5.73 Å². The SMILES string of the molecule is Cc1nc2cc(Sc3ccccc3Br)c(N)cc2s1. The summed E-state index contributed by atoms with van der Waals surface area (Å²) in [4.78, 5) is 6.72. The number of hydrogen-bond acceptors (Lipinski definition) is 4. The Bertz CT molecular complexity index is 752. The third-order valence-corrected chi connectivity index (χ3v) is 5.72. The van der Waals surface area contributed by atoms with Gasteiger partial charge in [0, 0.05) is 20.0 Å². The summed E-state index contributed by atoms with van der Waals surface area (Å²) in [5.41, 5.74) is 7.96. The van der Waals surface area contributed by atoms with Crippen LogP contribution in [0.15, 0.2) is 50.7 Å². The number of fused-ring (bicyclic) bond motifs is 1. The Kier molecular flexibility index (Phi) is 3.52. The summed E-state index contributed by atoms with van der Waals surface area (Å²) in [6.45, 7) is 2.02. The third kappa shape index (κ3) is 2.63. The van der Waals surface area contributed by atoms with Crippen molar-refractivity contribution >= 4 is 54.9 Å². The van der Waals surface area contributed by atoms with Crippen molar-refractivity contribution in [3.8, 4) is 0 Å². The van der Waals surface area contributed by atoms with Gasteiger partial charge in [0.15, 0.2) is 0 Å². The molecule has 5 heteroatoms. The van der Waals surface area contributed by atoms with E-state index in [4.69, 9.17) is 5.73 Å². The third-order valence-electron chi connectivity index (χ3n) is 2.68. The molecule has 0 atom stereocenters. The lowest BCUT2D eigenvalue weighted by Crippen LogP contribution is -1.88. The Morgan fingerprint density at radius 1 is 1.21 bits per heavy atom. The fourth-order valence-corrected chi connectivity index (χ4v) is 4.10. The molecule has 2 N–H and O–H groups in total. The van der Waals surface area contributed by atoms with E-state index in [9.17, 15) is 0 Å². The van der Waals surface area contributed by atoms with E-state index >= 15 is 0 Å². The van der Waals surface area contributed by atoms with Crippen LogP contribution < -0.4 is 5.73 Å². The molecule has 0 saturated heterocycles. The molecule has 0 saturated carbocycles. The van der Waals surface area contributed by atoms with Crippen molar-refractivity contribution < 1.29 is 0 Å². The van der Waals surface area contributed by atoms with Gasteiger partial charge in [-0.25, -0.2) is 4.98 Å². The number of rotatable bonds is 2. The number of anilines is 1. The van der Waals surface area contributed by atoms with E-state index in [1.165, 1.54) is 0 Å². The average Bonchev–Trinajstić information content (AvgIpc) is 2.71. The number of hydrogen-bond donors (Lipinski definition) is 1. The molecule has 0 aliphatic rings. The normalized spacial score (nSPS) is 11.1. The first-order chi connectivity index (χ1) is 9.13. The zero-order valence-electron chi connectivity index (χ0n) is 10.2. The Balaban J connectivity index is 2.05. The first-order valence-corrected chi connectivity index (χ1v) is 8.15. The van der Waals surface area contributed by atoms with Gasteiger partial charge in [-0.3, -0.25) is 0 Å². The number of nitrogens with two attached hydrogens (primary N) is 1. The van der Waals surface area contributed by atoms with Crippen LogP contribution in [0.4, 0.5) is 5.69 Å². The van der Waals surface area contributed by atoms with Gasteiger partial charge in [0.2, 0.25) is 0 Å². The molecule has 0 fully saturated rings. The van der Waals surface area contributed by atoms with Crippen molar-refractivity contribution in [1.82, 2.24) is 4.98 Å². The van der Waals surface area contributed by atoms with Crippen LogP contribution in [0.2, 0.25) is 0 Å². The second kappa shape index (κ2) is 5.15. The lowest BCUT2D eigenvalue weighted by molar-refractivity contribution is 1.33. The molecule has 2 nitrogen and oxygen atoms in total. The van der Waals surface area contributed by atoms with Crippen LogP contribution in [0.3, 0.4) is 0 Å². The maximum Gasteiger partial charge on any atom is 0.0907 e. The molecule has 0 unspecified atom stereocenters. The van der Waals surface area contributed by atoms with Crippen LogP contribution in [-0.4, -0.2) is 4.98 Å². The summed E-state index contributed by atoms with van der Waals surface area (Å²) in [7, 11) is 0. The lowest BCUT2D eigenvalue weighted by Gasteiger charge is -2.07. The van der Waals surface area contributed by atoms with Gasteiger partial charge in [0.1, 0.15) is 0 Å². The van der Waals surface area contributed by atoms with Gasteiger partial charge in [0.25, 0.3) is 0 Å². The molecule has 0 amide bonds. The smallest absolute Gasteiger partial charge is 0.0907 e. The highest BCUT2D eigenvalue weighted by Crippen LogP contribution is 2.38. The van der Waals surface area contributed by atoms with Crippen molar-refractivity contribution in [1.29, 1.82) is 0 Å². The van der Waals surface area contributed by atoms with Gasteiger partial charge in [-0.15, -0.1) is 11.3 Å². The molecule has 19 heavy (non-hydrogen) atoms. The fraction of sp³-hybridized carbons (Fsp3) is 0.0714. The Morgan fingerprint density at radius 2 is 2.00 bits per heavy atom. The van der Waals surface area contributed by atoms with Crippen LogP contribution in [0.25, 0.3) is 10.2 Å². The molecule has 2 aromatic carbocycles. The summed E-state index contributed by atoms with van der Waals surface area (Å²) in [6, 6.07) is 12.2. The van der Waals surface area contributed by atoms with E-state index < -0.39 is 0 Å². The van der Waals surface area contributed by atoms with Crippen LogP contribution in [0, 0.1) is 6.92 Å². The zero-order chi connectivity index (χ0) is 13.4. The van der Waals surface area contributed by atoms with Crippen molar-refractivity contribution in [3.05, 3.63) is 45.9 Å². The number of nitrogen functional groups attached to an aromatic ring is 1. The molecular formula is C14H11BrN2S2. The van der Waals surface area contributed by atoms with Crippen LogP contribution in [0.1, 0.15) is 5.01 Å². The summed E-state index contributed by atoms with van der Waals surface area (Å²) in [5.74, 6) is 0. The summed E-state index contributed by atoms with van der Waals surface area (Å²) in [5, 5.41) is 1.07. The van der Waals surface area contributed by atoms with E-state index in [1.807, 2.05) is 31.2 Å². The minimum atomic E-state index is 0.803. The average molecular weight is 351 g/mol. The van der Waals surface area contributed by atoms with E-state index in [0.717, 1.165) is 35.2 Å². The Labute approximate surface area is 128 Å². The molecule has 0 spiro atoms. The topological polar surface area (TPSA) is 38.9 Å². The lowest BCUT2D eigenvalue weighted by atomic mass is 10.3. The predicted octanol–water partition coefficient (Wildman–Crippen LogP) is 5.10. The summed E-state index contributed by atoms with van der Waals surface area (Å²) < 4.78 is 2.22. The molecular weight excluding hydrogens is 340 g/mol. The fourth-order valence-electron chi connectivity index (χ4n) is 1.82. The maximum absolute atomic E-state index is 6.14. The van der Waals surface area contributed by atoms with Crippen LogP contribution in [-0.2, 0) is 0 Å². The van der Waals surface area contributed by atoms with Gasteiger partial charge in [-0.1, -0.05) is 23.9 Å². The molecule has 96 valence electrons. The van der Waals surface area contributed by atoms with E-state index in [1.54, 1.807) is 23.1 Å². The van der Waals surface area contributed by atoms with E-state index in [0.29, 0.717) is 0 Å². The molecule has 1 heterocycles. The molecule has 0 aliphatic heterocycles. The minimum absolute atomic E-state index is 0.803. The summed E-state index contributed by atoms with van der Waals surface area (Å²) in [6.07, 6.45) is 0. The molecule has 3 rings (SSSR count). The number of thiazole rings is 1. The van der Waals surface area contributed by atoms with Crippen molar-refractivity contribution in [2.45, 2.75) is 16.7 Å². The monoisotopic (exact) mass is 350 g/mol. The second-order valence-electron chi connectivity index (χ2n) is 4.12. The molecule has 0 aliphatic carbocycles. The Hall–Kier alpha value is -1.04. The summed E-state index contributed by atoms with van der Waals surface area (Å²) >= 11 is 6.89. The molecule has 3 aromatic rings. The van der Waals surface area contributed by atoms with E-state index in [2.05, 4.69) is 33.0 Å². The van der Waals surface area contributed by atoms with E-state index in [-0.39, 0.29) is 0 Å². The highest BCUT2D eigenvalue weighted by Gasteiger charge is 2.09. The minimum Gasteiger partial charge on any atom is -0.398 e. The number of benzene rings is 2. The van der Waals surface area contributed by atoms with Crippen molar-refractivity contribution in [3.63, 3.8) is 0 Å². The standard InChI is InChI=1S/C14H11BrN2S2/c1-8-17-11-7-13(10(16)6-14(11)18-8)19-12-5-3-2-4-9(12)15/h2-7H,16H2,1H3. The first-order valence-electron chi connectivity index (χ1n) is 5.72. The van der Waals surface area contributed by atoms with Crippen molar-refractivity contribution in [2.75, 3.05) is 5.73 Å². The molecule has 0 bridgehead atoms. The maximum atomic E-state index is 6.14. The van der Waals surface area contributed by atoms with Crippen LogP contribution >= 0.6 is 39.0 Å². The zero-order valence-corrected chi connectivity index (χ0v) is 13.4. The highest BCUT2D eigenvalue weighted by molar-refractivity contribution is 9.10. The largest absolute Gasteiger partial charge is 0.398 e.